The number of fused-ring (bicyclic) bond motifs is 4. The largest absolute Gasteiger partial charge is 0.508 e. The van der Waals surface area contributed by atoms with Gasteiger partial charge in [-0.1, -0.05) is 94.6 Å². The summed E-state index contributed by atoms with van der Waals surface area (Å²) in [7, 11) is 1.69. The van der Waals surface area contributed by atoms with E-state index in [1.807, 2.05) is 13.0 Å². The molecule has 0 unspecified atom stereocenters. The summed E-state index contributed by atoms with van der Waals surface area (Å²) in [5, 5.41) is 11.2. The number of benzene rings is 1. The summed E-state index contributed by atoms with van der Waals surface area (Å²) in [4.78, 5) is 2.20. The molecule has 1 spiro atoms. The van der Waals surface area contributed by atoms with Gasteiger partial charge in [0.05, 0.1) is 7.11 Å². The van der Waals surface area contributed by atoms with Crippen LogP contribution >= 0.6 is 11.8 Å². The molecule has 0 saturated heterocycles. The van der Waals surface area contributed by atoms with Gasteiger partial charge in [0.25, 0.3) is 0 Å². The molecule has 2 nitrogen and oxygen atoms in total. The highest BCUT2D eigenvalue weighted by Crippen LogP contribution is 2.64. The number of hydrogen-bond donors (Lipinski definition) is 1. The molecule has 1 N–H and O–H groups in total. The molecule has 1 aromatic carbocycles. The highest BCUT2D eigenvalue weighted by molar-refractivity contribution is 8.07. The van der Waals surface area contributed by atoms with Crippen molar-refractivity contribution >= 4 is 17.3 Å². The summed E-state index contributed by atoms with van der Waals surface area (Å²) in [5.74, 6) is 1.00. The second-order valence-electron chi connectivity index (χ2n) is 13.8. The summed E-state index contributed by atoms with van der Waals surface area (Å²) < 4.78 is 5.69. The van der Waals surface area contributed by atoms with Crippen molar-refractivity contribution in [2.75, 3.05) is 7.11 Å². The normalized spacial score (nSPS) is 21.4. The molecule has 0 atom stereocenters. The number of methoxy groups -OCH3 is 1. The number of thioether (sulfide) groups is 1. The van der Waals surface area contributed by atoms with Gasteiger partial charge in [0, 0.05) is 15.2 Å². The maximum Gasteiger partial charge on any atom is 0.125 e. The molecule has 1 saturated carbocycles. The van der Waals surface area contributed by atoms with Crippen molar-refractivity contribution < 1.29 is 9.84 Å². The Hall–Kier alpha value is -2.91. The van der Waals surface area contributed by atoms with Gasteiger partial charge >= 0.3 is 0 Å². The number of hydrogen-bond acceptors (Lipinski definition) is 3. The third-order valence-corrected chi connectivity index (χ3v) is 10.5. The maximum atomic E-state index is 11.2. The second kappa shape index (κ2) is 12.4. The van der Waals surface area contributed by atoms with Crippen LogP contribution in [-0.2, 0) is 16.6 Å². The SMILES string of the molecule is C=C(OC)/C(=C\Cc1cc(O)cc2c1C1=C(C=CC=CC1)C21CC(C)(C)CC(C)(C)C1)SC(/C(C)=C/C)=C(C)/C=C\C. The van der Waals surface area contributed by atoms with Crippen LogP contribution in [0.25, 0.3) is 5.57 Å². The van der Waals surface area contributed by atoms with Crippen LogP contribution in [0.2, 0.25) is 0 Å². The van der Waals surface area contributed by atoms with Gasteiger partial charge in [-0.2, -0.15) is 0 Å². The molecular weight excluding hydrogens is 532 g/mol. The maximum absolute atomic E-state index is 11.2. The molecule has 42 heavy (non-hydrogen) atoms. The van der Waals surface area contributed by atoms with Crippen molar-refractivity contribution in [3.63, 3.8) is 0 Å². The van der Waals surface area contributed by atoms with E-state index in [0.29, 0.717) is 17.9 Å². The van der Waals surface area contributed by atoms with Crippen molar-refractivity contribution in [3.8, 4) is 5.75 Å². The highest BCUT2D eigenvalue weighted by atomic mass is 32.2. The first kappa shape index (κ1) is 32.0. The third kappa shape index (κ3) is 6.37. The van der Waals surface area contributed by atoms with E-state index in [0.717, 1.165) is 24.2 Å². The molecular formula is C39H50O2S. The second-order valence-corrected chi connectivity index (χ2v) is 14.9. The smallest absolute Gasteiger partial charge is 0.125 e. The average molecular weight is 583 g/mol. The first-order valence-corrected chi connectivity index (χ1v) is 16.1. The fourth-order valence-electron chi connectivity index (χ4n) is 8.09. The van der Waals surface area contributed by atoms with E-state index in [-0.39, 0.29) is 16.2 Å². The zero-order chi connectivity index (χ0) is 30.9. The molecule has 0 radical (unpaired) electrons. The molecule has 0 aliphatic heterocycles. The monoisotopic (exact) mass is 582 g/mol. The Labute approximate surface area is 259 Å². The third-order valence-electron chi connectivity index (χ3n) is 9.02. The van der Waals surface area contributed by atoms with Gasteiger partial charge in [0.15, 0.2) is 0 Å². The van der Waals surface area contributed by atoms with Gasteiger partial charge in [-0.15, -0.1) is 0 Å². The summed E-state index contributed by atoms with van der Waals surface area (Å²) in [6.45, 7) is 22.4. The molecule has 3 aliphatic rings. The average Bonchev–Trinajstić information content (AvgIpc) is 3.05. The van der Waals surface area contributed by atoms with Crippen LogP contribution in [0, 0.1) is 10.8 Å². The van der Waals surface area contributed by atoms with E-state index >= 15 is 0 Å². The van der Waals surface area contributed by atoms with E-state index in [4.69, 9.17) is 4.74 Å². The lowest BCUT2D eigenvalue weighted by Crippen LogP contribution is -2.44. The number of allylic oxidation sites excluding steroid dienone is 12. The van der Waals surface area contributed by atoms with Crippen molar-refractivity contribution in [3.05, 3.63) is 116 Å². The van der Waals surface area contributed by atoms with Gasteiger partial charge in [-0.3, -0.25) is 0 Å². The van der Waals surface area contributed by atoms with Crippen LogP contribution in [0.5, 0.6) is 5.75 Å². The van der Waals surface area contributed by atoms with Crippen LogP contribution in [0.4, 0.5) is 0 Å². The molecule has 1 aromatic rings. The molecule has 1 fully saturated rings. The van der Waals surface area contributed by atoms with E-state index < -0.39 is 0 Å². The van der Waals surface area contributed by atoms with Gasteiger partial charge in [0.1, 0.15) is 11.5 Å². The number of aromatic hydroxyl groups is 1. The van der Waals surface area contributed by atoms with Crippen molar-refractivity contribution in [2.45, 2.75) is 92.9 Å². The quantitative estimate of drug-likeness (QED) is 0.244. The Kier molecular flexibility index (Phi) is 9.43. The summed E-state index contributed by atoms with van der Waals surface area (Å²) in [5.41, 5.74) is 9.39. The van der Waals surface area contributed by atoms with E-state index in [1.165, 1.54) is 50.3 Å². The van der Waals surface area contributed by atoms with Gasteiger partial charge in [0.2, 0.25) is 0 Å². The minimum Gasteiger partial charge on any atom is -0.508 e. The molecule has 0 amide bonds. The zero-order valence-electron chi connectivity index (χ0n) is 27.3. The van der Waals surface area contributed by atoms with E-state index in [1.54, 1.807) is 18.9 Å². The topological polar surface area (TPSA) is 29.5 Å². The molecule has 3 aliphatic carbocycles. The lowest BCUT2D eigenvalue weighted by molar-refractivity contribution is 0.0637. The Morgan fingerprint density at radius 3 is 2.36 bits per heavy atom. The van der Waals surface area contributed by atoms with E-state index in [2.05, 4.69) is 110 Å². The predicted octanol–water partition coefficient (Wildman–Crippen LogP) is 11.3. The van der Waals surface area contributed by atoms with Crippen molar-refractivity contribution in [1.29, 1.82) is 0 Å². The molecule has 0 aromatic heterocycles. The summed E-state index contributed by atoms with van der Waals surface area (Å²) in [6.07, 6.45) is 22.6. The molecule has 0 heterocycles. The lowest BCUT2D eigenvalue weighted by Gasteiger charge is -2.52. The minimum absolute atomic E-state index is 0.105. The first-order chi connectivity index (χ1) is 19.8. The van der Waals surface area contributed by atoms with Crippen LogP contribution < -0.4 is 0 Å². The highest BCUT2D eigenvalue weighted by Gasteiger charge is 2.54. The number of phenolic OH excluding ortho intramolecular Hbond substituents is 1. The number of phenols is 1. The fraction of sp³-hybridized carbons (Fsp3) is 0.436. The first-order valence-electron chi connectivity index (χ1n) is 15.3. The minimum atomic E-state index is -0.105. The van der Waals surface area contributed by atoms with Gasteiger partial charge < -0.3 is 9.84 Å². The van der Waals surface area contributed by atoms with Crippen molar-refractivity contribution in [2.24, 2.45) is 10.8 Å². The number of ether oxygens (including phenoxy) is 1. The number of rotatable bonds is 8. The Morgan fingerprint density at radius 2 is 1.74 bits per heavy atom. The summed E-state index contributed by atoms with van der Waals surface area (Å²) >= 11 is 1.71. The van der Waals surface area contributed by atoms with Gasteiger partial charge in [-0.05, 0) is 122 Å². The van der Waals surface area contributed by atoms with Crippen LogP contribution in [0.3, 0.4) is 0 Å². The molecule has 4 rings (SSSR count). The fourth-order valence-corrected chi connectivity index (χ4v) is 9.18. The van der Waals surface area contributed by atoms with Crippen LogP contribution in [0.1, 0.15) is 97.8 Å². The Balaban J connectivity index is 1.88. The molecule has 3 heteroatoms. The van der Waals surface area contributed by atoms with Crippen molar-refractivity contribution in [1.82, 2.24) is 0 Å². The van der Waals surface area contributed by atoms with Gasteiger partial charge in [-0.25, -0.2) is 0 Å². The molecule has 0 bridgehead atoms. The zero-order valence-corrected chi connectivity index (χ0v) is 28.1. The Bertz CT molecular complexity index is 1450. The lowest BCUT2D eigenvalue weighted by atomic mass is 9.52. The standard InChI is InChI=1S/C39H50O2S/c1-11-16-27(4)36(26(3)12-2)42-34(28(5)41-10)20-19-29-21-30(40)22-33-35(29)31-17-14-13-15-18-32(31)39(33)24-37(6,7)23-38(8,9)25-39/h11-16,18,20-22,40H,5,17,19,23-25H2,1-4,6-10H3/b16-11-,26-12+,34-20+,36-27+. The van der Waals surface area contributed by atoms with Crippen LogP contribution in [0.15, 0.2) is 99.6 Å². The summed E-state index contributed by atoms with van der Waals surface area (Å²) in [6, 6.07) is 4.06. The van der Waals surface area contributed by atoms with Crippen LogP contribution in [-0.4, -0.2) is 12.2 Å². The molecule has 224 valence electrons. The Morgan fingerprint density at radius 1 is 1.05 bits per heavy atom. The van der Waals surface area contributed by atoms with E-state index in [9.17, 15) is 5.11 Å². The predicted molar refractivity (Wildman–Crippen MR) is 183 cm³/mol.